The zero-order chi connectivity index (χ0) is 13.3. The molecule has 1 heterocycles. The maximum absolute atomic E-state index is 13.4. The average Bonchev–Trinajstić information content (AvgIpc) is 2.56. The highest BCUT2D eigenvalue weighted by Gasteiger charge is 2.11. The second-order valence-electron chi connectivity index (χ2n) is 3.86. The zero-order valence-electron chi connectivity index (χ0n) is 9.70. The van der Waals surface area contributed by atoms with Gasteiger partial charge in [0.25, 0.3) is 0 Å². The van der Waals surface area contributed by atoms with Crippen LogP contribution in [-0.4, -0.2) is 22.0 Å². The average molecular weight is 315 g/mol. The molecule has 3 N–H and O–H groups in total. The highest BCUT2D eigenvalue weighted by Crippen LogP contribution is 2.24. The molecule has 0 aliphatic heterocycles. The van der Waals surface area contributed by atoms with Gasteiger partial charge >= 0.3 is 0 Å². The molecule has 5 nitrogen and oxygen atoms in total. The number of nitrogens with two attached hydrogens (primary N) is 1. The number of aromatic nitrogens is 2. The van der Waals surface area contributed by atoms with Gasteiger partial charge in [0.1, 0.15) is 5.82 Å². The van der Waals surface area contributed by atoms with E-state index in [1.807, 2.05) is 0 Å². The van der Waals surface area contributed by atoms with Crippen LogP contribution in [0.1, 0.15) is 6.92 Å². The minimum absolute atomic E-state index is 0.106. The molecule has 0 radical (unpaired) electrons. The third-order valence-electron chi connectivity index (χ3n) is 2.53. The molecule has 7 heteroatoms. The van der Waals surface area contributed by atoms with E-state index in [1.165, 1.54) is 13.0 Å². The number of nitrogens with one attached hydrogen (secondary N) is 1. The first-order valence-electron chi connectivity index (χ1n) is 5.34. The summed E-state index contributed by atoms with van der Waals surface area (Å²) in [6.07, 6.45) is 0. The molecule has 1 amide bonds. The second kappa shape index (κ2) is 4.93. The van der Waals surface area contributed by atoms with Crippen molar-refractivity contribution in [1.29, 1.82) is 0 Å². The Hall–Kier alpha value is -1.63. The number of fused-ring (bicyclic) bond motifs is 1. The van der Waals surface area contributed by atoms with E-state index in [0.717, 1.165) is 5.52 Å². The Bertz CT molecular complexity index is 611. The van der Waals surface area contributed by atoms with Crippen LogP contribution in [0, 0.1) is 5.82 Å². The van der Waals surface area contributed by atoms with Gasteiger partial charge in [0.2, 0.25) is 11.9 Å². The van der Waals surface area contributed by atoms with Gasteiger partial charge in [-0.15, -0.1) is 0 Å². The molecule has 2 aromatic rings. The zero-order valence-corrected chi connectivity index (χ0v) is 11.3. The molecule has 0 spiro atoms. The molecule has 0 fully saturated rings. The molecular formula is C11H12BrFN4O. The number of imidazole rings is 1. The standard InChI is InChI=1S/C11H12BrFN4O/c1-6(18)15-2-3-17-10-4-7(12)8(13)5-9(10)16-11(17)14/h4-5H,2-3H2,1H3,(H2,14,16)(H,15,18). The lowest BCUT2D eigenvalue weighted by Crippen LogP contribution is -2.24. The number of hydrogen-bond acceptors (Lipinski definition) is 3. The predicted octanol–water partition coefficient (Wildman–Crippen LogP) is 1.66. The molecule has 0 aliphatic rings. The predicted molar refractivity (Wildman–Crippen MR) is 70.5 cm³/mol. The third-order valence-corrected chi connectivity index (χ3v) is 3.14. The van der Waals surface area contributed by atoms with E-state index in [9.17, 15) is 9.18 Å². The monoisotopic (exact) mass is 314 g/mol. The van der Waals surface area contributed by atoms with Gasteiger partial charge in [0, 0.05) is 26.1 Å². The number of nitrogen functional groups attached to an aromatic ring is 1. The van der Waals surface area contributed by atoms with E-state index in [0.29, 0.717) is 29.0 Å². The minimum Gasteiger partial charge on any atom is -0.369 e. The van der Waals surface area contributed by atoms with Crippen molar-refractivity contribution in [2.45, 2.75) is 13.5 Å². The van der Waals surface area contributed by atoms with Crippen LogP contribution in [-0.2, 0) is 11.3 Å². The smallest absolute Gasteiger partial charge is 0.216 e. The van der Waals surface area contributed by atoms with Crippen LogP contribution in [0.25, 0.3) is 11.0 Å². The summed E-state index contributed by atoms with van der Waals surface area (Å²) in [6, 6.07) is 2.95. The van der Waals surface area contributed by atoms with Crippen molar-refractivity contribution >= 4 is 38.8 Å². The number of nitrogens with zero attached hydrogens (tertiary/aromatic N) is 2. The van der Waals surface area contributed by atoms with Gasteiger partial charge in [-0.2, -0.15) is 0 Å². The number of hydrogen-bond donors (Lipinski definition) is 2. The first kappa shape index (κ1) is 12.8. The third kappa shape index (κ3) is 2.45. The Morgan fingerprint density at radius 1 is 1.61 bits per heavy atom. The number of rotatable bonds is 3. The summed E-state index contributed by atoms with van der Waals surface area (Å²) in [4.78, 5) is 14.9. The maximum atomic E-state index is 13.4. The highest BCUT2D eigenvalue weighted by atomic mass is 79.9. The molecule has 0 atom stereocenters. The van der Waals surface area contributed by atoms with Crippen LogP contribution in [0.5, 0.6) is 0 Å². The van der Waals surface area contributed by atoms with Gasteiger partial charge < -0.3 is 15.6 Å². The molecule has 0 saturated heterocycles. The number of carbonyl (C=O) groups is 1. The SMILES string of the molecule is CC(=O)NCCn1c(N)nc2cc(F)c(Br)cc21. The fourth-order valence-electron chi connectivity index (χ4n) is 1.72. The van der Waals surface area contributed by atoms with Gasteiger partial charge in [-0.3, -0.25) is 4.79 Å². The summed E-state index contributed by atoms with van der Waals surface area (Å²) >= 11 is 3.12. The number of benzene rings is 1. The Labute approximate surface area is 111 Å². The number of carbonyl (C=O) groups excluding carboxylic acids is 1. The van der Waals surface area contributed by atoms with E-state index in [4.69, 9.17) is 5.73 Å². The molecule has 1 aromatic carbocycles. The summed E-state index contributed by atoms with van der Waals surface area (Å²) in [6.45, 7) is 2.38. The summed E-state index contributed by atoms with van der Waals surface area (Å²) in [5, 5.41) is 2.67. The number of halogens is 2. The highest BCUT2D eigenvalue weighted by molar-refractivity contribution is 9.10. The fourth-order valence-corrected chi connectivity index (χ4v) is 2.05. The lowest BCUT2D eigenvalue weighted by Gasteiger charge is -2.07. The summed E-state index contributed by atoms with van der Waals surface area (Å²) in [5.74, 6) is -0.188. The van der Waals surface area contributed by atoms with Crippen LogP contribution in [0.2, 0.25) is 0 Å². The van der Waals surface area contributed by atoms with Gasteiger partial charge in [0.05, 0.1) is 15.5 Å². The van der Waals surface area contributed by atoms with E-state index in [1.54, 1.807) is 10.6 Å². The lowest BCUT2D eigenvalue weighted by molar-refractivity contribution is -0.118. The molecule has 0 saturated carbocycles. The fraction of sp³-hybridized carbons (Fsp3) is 0.273. The largest absolute Gasteiger partial charge is 0.369 e. The Morgan fingerprint density at radius 2 is 2.33 bits per heavy atom. The van der Waals surface area contributed by atoms with Crippen molar-refractivity contribution in [3.8, 4) is 0 Å². The molecule has 1 aromatic heterocycles. The minimum atomic E-state index is -0.381. The maximum Gasteiger partial charge on any atom is 0.216 e. The lowest BCUT2D eigenvalue weighted by atomic mass is 10.3. The number of anilines is 1. The Balaban J connectivity index is 2.34. The van der Waals surface area contributed by atoms with Crippen molar-refractivity contribution in [2.75, 3.05) is 12.3 Å². The van der Waals surface area contributed by atoms with Crippen LogP contribution in [0.4, 0.5) is 10.3 Å². The van der Waals surface area contributed by atoms with Crippen molar-refractivity contribution in [2.24, 2.45) is 0 Å². The Kier molecular flexibility index (Phi) is 3.51. The van der Waals surface area contributed by atoms with Crippen LogP contribution < -0.4 is 11.1 Å². The molecular weight excluding hydrogens is 303 g/mol. The summed E-state index contributed by atoms with van der Waals surface area (Å²) < 4.78 is 15.4. The van der Waals surface area contributed by atoms with Crippen LogP contribution in [0.3, 0.4) is 0 Å². The van der Waals surface area contributed by atoms with Crippen LogP contribution >= 0.6 is 15.9 Å². The van der Waals surface area contributed by atoms with E-state index in [2.05, 4.69) is 26.2 Å². The second-order valence-corrected chi connectivity index (χ2v) is 4.71. The summed E-state index contributed by atoms with van der Waals surface area (Å²) in [7, 11) is 0. The molecule has 18 heavy (non-hydrogen) atoms. The van der Waals surface area contributed by atoms with Crippen LogP contribution in [0.15, 0.2) is 16.6 Å². The van der Waals surface area contributed by atoms with E-state index >= 15 is 0 Å². The molecule has 0 bridgehead atoms. The van der Waals surface area contributed by atoms with E-state index in [-0.39, 0.29) is 11.7 Å². The molecule has 0 unspecified atom stereocenters. The van der Waals surface area contributed by atoms with Gasteiger partial charge in [0.15, 0.2) is 0 Å². The molecule has 0 aliphatic carbocycles. The van der Waals surface area contributed by atoms with E-state index < -0.39 is 0 Å². The van der Waals surface area contributed by atoms with Crippen molar-refractivity contribution in [3.63, 3.8) is 0 Å². The Morgan fingerprint density at radius 3 is 3.00 bits per heavy atom. The van der Waals surface area contributed by atoms with Crippen molar-refractivity contribution < 1.29 is 9.18 Å². The first-order chi connectivity index (χ1) is 8.49. The normalized spacial score (nSPS) is 10.8. The number of amides is 1. The molecule has 96 valence electrons. The summed E-state index contributed by atoms with van der Waals surface area (Å²) in [5.41, 5.74) is 7.00. The topological polar surface area (TPSA) is 72.9 Å². The first-order valence-corrected chi connectivity index (χ1v) is 6.13. The van der Waals surface area contributed by atoms with Gasteiger partial charge in [-0.25, -0.2) is 9.37 Å². The molecule has 2 rings (SSSR count). The van der Waals surface area contributed by atoms with Crippen molar-refractivity contribution in [1.82, 2.24) is 14.9 Å². The van der Waals surface area contributed by atoms with Gasteiger partial charge in [-0.05, 0) is 22.0 Å². The quantitative estimate of drug-likeness (QED) is 0.905. The van der Waals surface area contributed by atoms with Gasteiger partial charge in [-0.1, -0.05) is 0 Å². The van der Waals surface area contributed by atoms with Crippen molar-refractivity contribution in [3.05, 3.63) is 22.4 Å².